The van der Waals surface area contributed by atoms with Gasteiger partial charge in [0.1, 0.15) is 11.1 Å². The predicted octanol–water partition coefficient (Wildman–Crippen LogP) is 2.07. The number of hydrogen-bond donors (Lipinski definition) is 2. The van der Waals surface area contributed by atoms with Crippen LogP contribution in [0.4, 0.5) is 4.79 Å². The Morgan fingerprint density at radius 1 is 1.33 bits per heavy atom. The summed E-state index contributed by atoms with van der Waals surface area (Å²) in [6.45, 7) is 7.81. The van der Waals surface area contributed by atoms with Gasteiger partial charge in [-0.05, 0) is 44.9 Å². The second kappa shape index (κ2) is 9.29. The van der Waals surface area contributed by atoms with Crippen molar-refractivity contribution in [3.8, 4) is 5.69 Å². The number of rotatable bonds is 7. The molecule has 1 saturated heterocycles. The van der Waals surface area contributed by atoms with Crippen LogP contribution in [0.15, 0.2) is 23.4 Å². The number of hydrogen-bond acceptors (Lipinski definition) is 7. The highest BCUT2D eigenvalue weighted by atomic mass is 32.2. The van der Waals surface area contributed by atoms with Gasteiger partial charge < -0.3 is 10.1 Å². The minimum atomic E-state index is -0.514. The van der Waals surface area contributed by atoms with Crippen molar-refractivity contribution in [2.24, 2.45) is 0 Å². The maximum atomic E-state index is 12.1. The Balaban J connectivity index is 1.97. The van der Waals surface area contributed by atoms with Gasteiger partial charge in [-0.3, -0.25) is 19.5 Å². The van der Waals surface area contributed by atoms with Crippen LogP contribution in [0.5, 0.6) is 0 Å². The molecule has 2 unspecified atom stereocenters. The number of ether oxygens (including phenoxy) is 1. The number of urea groups is 1. The van der Waals surface area contributed by atoms with Gasteiger partial charge in [-0.15, -0.1) is 10.2 Å². The van der Waals surface area contributed by atoms with Crippen LogP contribution in [0, 0.1) is 13.8 Å². The highest BCUT2D eigenvalue weighted by Gasteiger charge is 2.28. The lowest BCUT2D eigenvalue weighted by molar-refractivity contribution is -0.142. The van der Waals surface area contributed by atoms with Crippen LogP contribution in [-0.2, 0) is 20.7 Å². The fourth-order valence-electron chi connectivity index (χ4n) is 3.19. The van der Waals surface area contributed by atoms with Crippen molar-refractivity contribution in [3.63, 3.8) is 0 Å². The fourth-order valence-corrected chi connectivity index (χ4v) is 4.07. The van der Waals surface area contributed by atoms with Crippen molar-refractivity contribution >= 4 is 29.7 Å². The lowest BCUT2D eigenvalue weighted by Gasteiger charge is -2.23. The van der Waals surface area contributed by atoms with Crippen LogP contribution < -0.4 is 10.6 Å². The van der Waals surface area contributed by atoms with Crippen LogP contribution >= 0.6 is 11.8 Å². The number of nitrogens with one attached hydrogen (secondary N) is 2. The lowest BCUT2D eigenvalue weighted by atomic mass is 10.1. The molecule has 2 N–H and O–H groups in total. The van der Waals surface area contributed by atoms with E-state index >= 15 is 0 Å². The molecule has 10 heteroatoms. The molecule has 160 valence electrons. The van der Waals surface area contributed by atoms with E-state index in [0.717, 1.165) is 16.8 Å². The van der Waals surface area contributed by atoms with E-state index in [1.807, 2.05) is 36.6 Å². The van der Waals surface area contributed by atoms with E-state index in [2.05, 4.69) is 20.8 Å². The largest absolute Gasteiger partial charge is 0.465 e. The van der Waals surface area contributed by atoms with E-state index in [0.29, 0.717) is 24.0 Å². The molecule has 9 nitrogen and oxygen atoms in total. The number of imide groups is 1. The van der Waals surface area contributed by atoms with E-state index in [1.54, 1.807) is 13.8 Å². The summed E-state index contributed by atoms with van der Waals surface area (Å²) in [6.07, 6.45) is 0.487. The van der Waals surface area contributed by atoms with Crippen molar-refractivity contribution in [2.75, 3.05) is 6.61 Å². The van der Waals surface area contributed by atoms with Crippen LogP contribution in [0.1, 0.15) is 37.2 Å². The number of carbonyl (C=O) groups is 3. The Morgan fingerprint density at radius 2 is 2.10 bits per heavy atom. The summed E-state index contributed by atoms with van der Waals surface area (Å²) in [6, 6.07) is 5.14. The monoisotopic (exact) mass is 431 g/mol. The smallest absolute Gasteiger partial charge is 0.321 e. The Bertz CT molecular complexity index is 958. The van der Waals surface area contributed by atoms with Gasteiger partial charge >= 0.3 is 12.0 Å². The van der Waals surface area contributed by atoms with E-state index in [4.69, 9.17) is 4.74 Å². The standard InChI is InChI=1S/C20H25N5O4S/c1-5-29-18(27)13(4)30-20-24-23-16(9-14-10-17(26)22-19(28)21-14)25(20)15-8-11(2)6-7-12(15)3/h6-8,13-14H,5,9-10H2,1-4H3,(H2,21,22,26,28). The third-order valence-electron chi connectivity index (χ3n) is 4.66. The number of nitrogens with zero attached hydrogens (tertiary/aromatic N) is 3. The number of aryl methyl sites for hydroxylation is 2. The molecular formula is C20H25N5O4S. The first-order valence-electron chi connectivity index (χ1n) is 9.74. The Kier molecular flexibility index (Phi) is 6.76. The summed E-state index contributed by atoms with van der Waals surface area (Å²) in [5.41, 5.74) is 2.97. The van der Waals surface area contributed by atoms with E-state index in [-0.39, 0.29) is 24.3 Å². The Morgan fingerprint density at radius 3 is 2.80 bits per heavy atom. The van der Waals surface area contributed by atoms with Crippen LogP contribution in [0.3, 0.4) is 0 Å². The van der Waals surface area contributed by atoms with Gasteiger partial charge in [-0.2, -0.15) is 0 Å². The van der Waals surface area contributed by atoms with E-state index in [1.165, 1.54) is 11.8 Å². The lowest BCUT2D eigenvalue weighted by Crippen LogP contribution is -2.53. The second-order valence-electron chi connectivity index (χ2n) is 7.16. The normalized spacial score (nSPS) is 17.3. The molecule has 0 bridgehead atoms. The summed E-state index contributed by atoms with van der Waals surface area (Å²) >= 11 is 1.26. The van der Waals surface area contributed by atoms with Crippen molar-refractivity contribution in [3.05, 3.63) is 35.2 Å². The van der Waals surface area contributed by atoms with Gasteiger partial charge in [0.15, 0.2) is 5.16 Å². The molecule has 30 heavy (non-hydrogen) atoms. The summed E-state index contributed by atoms with van der Waals surface area (Å²) in [4.78, 5) is 35.5. The SMILES string of the molecule is CCOC(=O)C(C)Sc1nnc(CC2CC(=O)NC(=O)N2)n1-c1cc(C)ccc1C. The van der Waals surface area contributed by atoms with Gasteiger partial charge in [0, 0.05) is 18.9 Å². The first kappa shape index (κ1) is 21.8. The highest BCUT2D eigenvalue weighted by molar-refractivity contribution is 8.00. The molecule has 0 spiro atoms. The first-order chi connectivity index (χ1) is 14.3. The molecule has 0 radical (unpaired) electrons. The van der Waals surface area contributed by atoms with Gasteiger partial charge in [0.2, 0.25) is 5.91 Å². The maximum Gasteiger partial charge on any atom is 0.321 e. The molecule has 1 aromatic heterocycles. The average molecular weight is 432 g/mol. The molecule has 3 amide bonds. The zero-order valence-electron chi connectivity index (χ0n) is 17.4. The molecule has 0 aliphatic carbocycles. The fraction of sp³-hybridized carbons (Fsp3) is 0.450. The van der Waals surface area contributed by atoms with E-state index in [9.17, 15) is 14.4 Å². The molecule has 0 saturated carbocycles. The number of aromatic nitrogens is 3. The molecule has 1 fully saturated rings. The van der Waals surface area contributed by atoms with Crippen molar-refractivity contribution in [1.82, 2.24) is 25.4 Å². The van der Waals surface area contributed by atoms with Gasteiger partial charge in [0.25, 0.3) is 0 Å². The number of thioether (sulfide) groups is 1. The molecular weight excluding hydrogens is 406 g/mol. The summed E-state index contributed by atoms with van der Waals surface area (Å²) in [5.74, 6) is -0.0508. The van der Waals surface area contributed by atoms with Crippen molar-refractivity contribution < 1.29 is 19.1 Å². The van der Waals surface area contributed by atoms with Gasteiger partial charge in [0.05, 0.1) is 12.3 Å². The number of carbonyl (C=O) groups excluding carboxylic acids is 3. The third kappa shape index (κ3) is 4.99. The van der Waals surface area contributed by atoms with Gasteiger partial charge in [-0.25, -0.2) is 4.79 Å². The first-order valence-corrected chi connectivity index (χ1v) is 10.6. The summed E-state index contributed by atoms with van der Waals surface area (Å²) in [7, 11) is 0. The average Bonchev–Trinajstić information content (AvgIpc) is 3.05. The Hall–Kier alpha value is -2.88. The maximum absolute atomic E-state index is 12.1. The summed E-state index contributed by atoms with van der Waals surface area (Å²) < 4.78 is 7.00. The van der Waals surface area contributed by atoms with Crippen LogP contribution in [0.25, 0.3) is 5.69 Å². The molecule has 3 rings (SSSR count). The zero-order chi connectivity index (χ0) is 21.8. The number of esters is 1. The molecule has 1 aliphatic heterocycles. The van der Waals surface area contributed by atoms with Crippen LogP contribution in [0.2, 0.25) is 0 Å². The molecule has 2 aromatic rings. The molecule has 1 aliphatic rings. The summed E-state index contributed by atoms with van der Waals surface area (Å²) in [5, 5.41) is 13.7. The molecule has 2 heterocycles. The van der Waals surface area contributed by atoms with Crippen LogP contribution in [-0.4, -0.2) is 50.6 Å². The predicted molar refractivity (Wildman–Crippen MR) is 112 cm³/mol. The zero-order valence-corrected chi connectivity index (χ0v) is 18.2. The molecule has 2 atom stereocenters. The molecule has 1 aromatic carbocycles. The van der Waals surface area contributed by atoms with Crippen molar-refractivity contribution in [1.29, 1.82) is 0 Å². The highest BCUT2D eigenvalue weighted by Crippen LogP contribution is 2.29. The second-order valence-corrected chi connectivity index (χ2v) is 8.47. The minimum Gasteiger partial charge on any atom is -0.465 e. The van der Waals surface area contributed by atoms with Gasteiger partial charge in [-0.1, -0.05) is 23.9 Å². The number of amides is 3. The Labute approximate surface area is 179 Å². The number of benzene rings is 1. The third-order valence-corrected chi connectivity index (χ3v) is 5.68. The topological polar surface area (TPSA) is 115 Å². The van der Waals surface area contributed by atoms with E-state index < -0.39 is 11.3 Å². The minimum absolute atomic E-state index is 0.160. The quantitative estimate of drug-likeness (QED) is 0.509. The van der Waals surface area contributed by atoms with Crippen molar-refractivity contribution in [2.45, 2.75) is 57.0 Å².